The van der Waals surface area contributed by atoms with Gasteiger partial charge in [0.1, 0.15) is 6.61 Å². The number of amides is 1. The number of rotatable bonds is 10. The number of nitrogens with one attached hydrogen (secondary N) is 1. The standard InChI is InChI=1S/C13H26N2O2/c1-4-5-10-14-13(16)9-7-6-8-11-17-15-12(2)3/h4-11H2,1-3H3,(H,14,16). The Kier molecular flexibility index (Phi) is 10.7. The van der Waals surface area contributed by atoms with E-state index in [0.717, 1.165) is 44.4 Å². The Hall–Kier alpha value is -1.06. The van der Waals surface area contributed by atoms with E-state index < -0.39 is 0 Å². The Labute approximate surface area is 105 Å². The third kappa shape index (κ3) is 12.9. The normalized spacial score (nSPS) is 9.82. The minimum absolute atomic E-state index is 0.168. The Bertz CT molecular complexity index is 223. The first-order valence-electron chi connectivity index (χ1n) is 6.56. The summed E-state index contributed by atoms with van der Waals surface area (Å²) in [4.78, 5) is 16.4. The van der Waals surface area contributed by atoms with Crippen molar-refractivity contribution in [2.75, 3.05) is 13.2 Å². The van der Waals surface area contributed by atoms with Gasteiger partial charge < -0.3 is 10.2 Å². The molecule has 0 saturated heterocycles. The highest BCUT2D eigenvalue weighted by molar-refractivity contribution is 5.78. The highest BCUT2D eigenvalue weighted by Crippen LogP contribution is 2.00. The second-order valence-corrected chi connectivity index (χ2v) is 4.39. The van der Waals surface area contributed by atoms with Crippen molar-refractivity contribution in [3.63, 3.8) is 0 Å². The summed E-state index contributed by atoms with van der Waals surface area (Å²) in [6.07, 6.45) is 5.71. The van der Waals surface area contributed by atoms with Crippen molar-refractivity contribution in [1.29, 1.82) is 0 Å². The van der Waals surface area contributed by atoms with Gasteiger partial charge in [0.05, 0.1) is 5.71 Å². The van der Waals surface area contributed by atoms with Gasteiger partial charge in [0.15, 0.2) is 0 Å². The fourth-order valence-electron chi connectivity index (χ4n) is 1.30. The number of oxime groups is 1. The molecule has 0 rings (SSSR count). The summed E-state index contributed by atoms with van der Waals surface area (Å²) < 4.78 is 0. The maximum absolute atomic E-state index is 11.3. The van der Waals surface area contributed by atoms with Gasteiger partial charge in [-0.15, -0.1) is 0 Å². The Balaban J connectivity index is 3.22. The maximum Gasteiger partial charge on any atom is 0.219 e. The molecule has 0 aromatic heterocycles. The fraction of sp³-hybridized carbons (Fsp3) is 0.846. The van der Waals surface area contributed by atoms with Crippen LogP contribution in [0.2, 0.25) is 0 Å². The third-order valence-electron chi connectivity index (χ3n) is 2.24. The molecule has 17 heavy (non-hydrogen) atoms. The van der Waals surface area contributed by atoms with Gasteiger partial charge in [-0.05, 0) is 39.5 Å². The first kappa shape index (κ1) is 15.9. The van der Waals surface area contributed by atoms with Crippen LogP contribution in [0.1, 0.15) is 59.3 Å². The number of carbonyl (C=O) groups excluding carboxylic acids is 1. The highest BCUT2D eigenvalue weighted by atomic mass is 16.6. The van der Waals surface area contributed by atoms with Crippen LogP contribution in [0.3, 0.4) is 0 Å². The monoisotopic (exact) mass is 242 g/mol. The second kappa shape index (κ2) is 11.4. The van der Waals surface area contributed by atoms with Crippen LogP contribution in [0.25, 0.3) is 0 Å². The van der Waals surface area contributed by atoms with Gasteiger partial charge >= 0.3 is 0 Å². The van der Waals surface area contributed by atoms with E-state index in [9.17, 15) is 4.79 Å². The van der Waals surface area contributed by atoms with Crippen LogP contribution in [-0.2, 0) is 9.63 Å². The average molecular weight is 242 g/mol. The molecule has 0 atom stereocenters. The minimum atomic E-state index is 0.168. The number of unbranched alkanes of at least 4 members (excludes halogenated alkanes) is 3. The first-order valence-corrected chi connectivity index (χ1v) is 6.56. The van der Waals surface area contributed by atoms with E-state index in [1.165, 1.54) is 0 Å². The van der Waals surface area contributed by atoms with Crippen LogP contribution >= 0.6 is 0 Å². The number of carbonyl (C=O) groups is 1. The van der Waals surface area contributed by atoms with Crippen molar-refractivity contribution >= 4 is 11.6 Å². The van der Waals surface area contributed by atoms with E-state index in [1.807, 2.05) is 13.8 Å². The average Bonchev–Trinajstić information content (AvgIpc) is 2.28. The summed E-state index contributed by atoms with van der Waals surface area (Å²) in [5.74, 6) is 0.168. The Morgan fingerprint density at radius 1 is 1.18 bits per heavy atom. The molecule has 0 aromatic rings. The van der Waals surface area contributed by atoms with Crippen molar-refractivity contribution < 1.29 is 9.63 Å². The van der Waals surface area contributed by atoms with Gasteiger partial charge in [0.2, 0.25) is 5.91 Å². The van der Waals surface area contributed by atoms with Crippen molar-refractivity contribution in [2.24, 2.45) is 5.16 Å². The van der Waals surface area contributed by atoms with E-state index in [0.29, 0.717) is 13.0 Å². The molecular weight excluding hydrogens is 216 g/mol. The topological polar surface area (TPSA) is 50.7 Å². The van der Waals surface area contributed by atoms with Gasteiger partial charge in [-0.1, -0.05) is 18.5 Å². The molecule has 0 aliphatic carbocycles. The molecule has 1 amide bonds. The zero-order valence-electron chi connectivity index (χ0n) is 11.4. The van der Waals surface area contributed by atoms with Crippen LogP contribution < -0.4 is 5.32 Å². The summed E-state index contributed by atoms with van der Waals surface area (Å²) in [7, 11) is 0. The molecule has 1 N–H and O–H groups in total. The molecule has 0 aliphatic rings. The molecule has 0 heterocycles. The van der Waals surface area contributed by atoms with E-state index in [4.69, 9.17) is 4.84 Å². The summed E-state index contributed by atoms with van der Waals surface area (Å²) >= 11 is 0. The van der Waals surface area contributed by atoms with Crippen molar-refractivity contribution in [3.8, 4) is 0 Å². The number of hydrogen-bond acceptors (Lipinski definition) is 3. The SMILES string of the molecule is CCCCNC(=O)CCCCCON=C(C)C. The van der Waals surface area contributed by atoms with E-state index in [-0.39, 0.29) is 5.91 Å². The molecule has 4 heteroatoms. The fourth-order valence-corrected chi connectivity index (χ4v) is 1.30. The van der Waals surface area contributed by atoms with Crippen LogP contribution in [0.5, 0.6) is 0 Å². The van der Waals surface area contributed by atoms with Gasteiger partial charge in [-0.3, -0.25) is 4.79 Å². The lowest BCUT2D eigenvalue weighted by molar-refractivity contribution is -0.121. The Morgan fingerprint density at radius 2 is 1.94 bits per heavy atom. The van der Waals surface area contributed by atoms with Gasteiger partial charge in [0, 0.05) is 13.0 Å². The first-order chi connectivity index (χ1) is 8.16. The van der Waals surface area contributed by atoms with Gasteiger partial charge in [-0.2, -0.15) is 0 Å². The summed E-state index contributed by atoms with van der Waals surface area (Å²) in [6, 6.07) is 0. The van der Waals surface area contributed by atoms with Crippen molar-refractivity contribution in [2.45, 2.75) is 59.3 Å². The van der Waals surface area contributed by atoms with Crippen molar-refractivity contribution in [3.05, 3.63) is 0 Å². The lowest BCUT2D eigenvalue weighted by atomic mass is 10.2. The van der Waals surface area contributed by atoms with E-state index in [1.54, 1.807) is 0 Å². The second-order valence-electron chi connectivity index (χ2n) is 4.39. The minimum Gasteiger partial charge on any atom is -0.396 e. The maximum atomic E-state index is 11.3. The number of hydrogen-bond donors (Lipinski definition) is 1. The van der Waals surface area contributed by atoms with Gasteiger partial charge in [0.25, 0.3) is 0 Å². The predicted molar refractivity (Wildman–Crippen MR) is 71.1 cm³/mol. The lowest BCUT2D eigenvalue weighted by Crippen LogP contribution is -2.23. The Morgan fingerprint density at radius 3 is 2.59 bits per heavy atom. The molecule has 4 nitrogen and oxygen atoms in total. The lowest BCUT2D eigenvalue weighted by Gasteiger charge is -2.04. The quantitative estimate of drug-likeness (QED) is 0.364. The summed E-state index contributed by atoms with van der Waals surface area (Å²) in [5, 5.41) is 6.75. The third-order valence-corrected chi connectivity index (χ3v) is 2.24. The van der Waals surface area contributed by atoms with Crippen LogP contribution in [0.4, 0.5) is 0 Å². The molecule has 0 aromatic carbocycles. The van der Waals surface area contributed by atoms with Crippen molar-refractivity contribution in [1.82, 2.24) is 5.32 Å². The molecule has 0 radical (unpaired) electrons. The molecule has 0 saturated carbocycles. The smallest absolute Gasteiger partial charge is 0.219 e. The number of nitrogens with zero attached hydrogens (tertiary/aromatic N) is 1. The molecule has 0 aliphatic heterocycles. The van der Waals surface area contributed by atoms with E-state index >= 15 is 0 Å². The zero-order chi connectivity index (χ0) is 12.9. The van der Waals surface area contributed by atoms with Crippen LogP contribution in [0.15, 0.2) is 5.16 Å². The van der Waals surface area contributed by atoms with E-state index in [2.05, 4.69) is 17.4 Å². The van der Waals surface area contributed by atoms with Crippen LogP contribution in [-0.4, -0.2) is 24.8 Å². The summed E-state index contributed by atoms with van der Waals surface area (Å²) in [5.41, 5.74) is 0.931. The molecular formula is C13H26N2O2. The van der Waals surface area contributed by atoms with Gasteiger partial charge in [-0.25, -0.2) is 0 Å². The highest BCUT2D eigenvalue weighted by Gasteiger charge is 1.99. The molecule has 0 fully saturated rings. The molecule has 0 bridgehead atoms. The molecule has 0 spiro atoms. The zero-order valence-corrected chi connectivity index (χ0v) is 11.4. The predicted octanol–water partition coefficient (Wildman–Crippen LogP) is 2.88. The largest absolute Gasteiger partial charge is 0.396 e. The summed E-state index contributed by atoms with van der Waals surface area (Å²) in [6.45, 7) is 7.37. The van der Waals surface area contributed by atoms with Crippen LogP contribution in [0, 0.1) is 0 Å². The molecule has 100 valence electrons. The molecule has 0 unspecified atom stereocenters.